The van der Waals surface area contributed by atoms with Gasteiger partial charge in [-0.3, -0.25) is 9.79 Å². The molecule has 0 aromatic heterocycles. The maximum atomic E-state index is 12.1. The van der Waals surface area contributed by atoms with Crippen LogP contribution in [0.5, 0.6) is 0 Å². The monoisotopic (exact) mass is 563 g/mol. The molecule has 0 bridgehead atoms. The molecule has 6 nitrogen and oxygen atoms in total. The molecule has 2 unspecified atom stereocenters. The number of para-hydroxylation sites is 1. The van der Waals surface area contributed by atoms with E-state index in [1.165, 1.54) is 11.1 Å². The molecule has 0 fully saturated rings. The van der Waals surface area contributed by atoms with Crippen molar-refractivity contribution in [1.82, 2.24) is 16.0 Å². The fraction of sp³-hybridized carbons (Fsp3) is 0.462. The van der Waals surface area contributed by atoms with Crippen LogP contribution in [0.4, 0.5) is 5.69 Å². The maximum Gasteiger partial charge on any atom is 0.225 e. The van der Waals surface area contributed by atoms with E-state index in [4.69, 9.17) is 0 Å². The van der Waals surface area contributed by atoms with Crippen molar-refractivity contribution in [3.8, 4) is 0 Å². The summed E-state index contributed by atoms with van der Waals surface area (Å²) < 4.78 is 0. The van der Waals surface area contributed by atoms with Crippen molar-refractivity contribution in [3.05, 3.63) is 65.7 Å². The number of anilines is 1. The molecule has 2 aromatic rings. The van der Waals surface area contributed by atoms with Crippen molar-refractivity contribution in [2.75, 3.05) is 25.5 Å². The first kappa shape index (κ1) is 27.1. The Bertz CT molecular complexity index is 914. The number of rotatable bonds is 9. The average molecular weight is 564 g/mol. The van der Waals surface area contributed by atoms with Crippen LogP contribution in [-0.4, -0.2) is 37.5 Å². The smallest absolute Gasteiger partial charge is 0.225 e. The number of carbonyl (C=O) groups is 1. The summed E-state index contributed by atoms with van der Waals surface area (Å²) in [5.74, 6) is 0.944. The van der Waals surface area contributed by atoms with Crippen LogP contribution in [0.3, 0.4) is 0 Å². The zero-order valence-corrected chi connectivity index (χ0v) is 22.5. The van der Waals surface area contributed by atoms with E-state index in [0.717, 1.165) is 31.0 Å². The van der Waals surface area contributed by atoms with Gasteiger partial charge in [-0.1, -0.05) is 62.4 Å². The van der Waals surface area contributed by atoms with E-state index in [1.54, 1.807) is 7.05 Å². The number of halogens is 1. The molecule has 1 aliphatic heterocycles. The zero-order chi connectivity index (χ0) is 23.0. The molecule has 0 aliphatic carbocycles. The number of nitrogens with zero attached hydrogens (tertiary/aromatic N) is 1. The van der Waals surface area contributed by atoms with Gasteiger partial charge in [-0.25, -0.2) is 0 Å². The van der Waals surface area contributed by atoms with Crippen LogP contribution in [-0.2, 0) is 4.79 Å². The molecule has 1 amide bonds. The highest BCUT2D eigenvalue weighted by Gasteiger charge is 2.29. The first-order valence-corrected chi connectivity index (χ1v) is 11.7. The van der Waals surface area contributed by atoms with Crippen molar-refractivity contribution >= 4 is 41.5 Å². The van der Waals surface area contributed by atoms with Gasteiger partial charge in [0.15, 0.2) is 5.96 Å². The van der Waals surface area contributed by atoms with Crippen LogP contribution >= 0.6 is 24.0 Å². The van der Waals surface area contributed by atoms with Crippen LogP contribution in [0, 0.1) is 0 Å². The van der Waals surface area contributed by atoms with E-state index in [9.17, 15) is 4.79 Å². The predicted molar refractivity (Wildman–Crippen MR) is 149 cm³/mol. The Morgan fingerprint density at radius 3 is 2.42 bits per heavy atom. The van der Waals surface area contributed by atoms with Crippen LogP contribution in [0.15, 0.2) is 59.6 Å². The molecule has 33 heavy (non-hydrogen) atoms. The molecule has 0 saturated carbocycles. The minimum Gasteiger partial charge on any atom is -0.356 e. The fourth-order valence-electron chi connectivity index (χ4n) is 4.42. The normalized spacial score (nSPS) is 16.8. The van der Waals surface area contributed by atoms with Crippen molar-refractivity contribution < 1.29 is 4.79 Å². The van der Waals surface area contributed by atoms with E-state index in [-0.39, 0.29) is 47.4 Å². The summed E-state index contributed by atoms with van der Waals surface area (Å²) in [7, 11) is 1.79. The van der Waals surface area contributed by atoms with Crippen molar-refractivity contribution in [1.29, 1.82) is 0 Å². The molecule has 2 atom stereocenters. The minimum absolute atomic E-state index is 0. The Labute approximate surface area is 215 Å². The first-order chi connectivity index (χ1) is 15.5. The molecule has 180 valence electrons. The molecular weight excluding hydrogens is 525 g/mol. The van der Waals surface area contributed by atoms with Crippen molar-refractivity contribution in [2.45, 2.75) is 57.5 Å². The van der Waals surface area contributed by atoms with Gasteiger partial charge in [-0.15, -0.1) is 24.0 Å². The molecule has 1 heterocycles. The van der Waals surface area contributed by atoms with Gasteiger partial charge in [0.05, 0.1) is 0 Å². The highest BCUT2D eigenvalue weighted by molar-refractivity contribution is 14.0. The van der Waals surface area contributed by atoms with E-state index < -0.39 is 0 Å². The average Bonchev–Trinajstić information content (AvgIpc) is 2.83. The van der Waals surface area contributed by atoms with Gasteiger partial charge in [0, 0.05) is 49.7 Å². The predicted octanol–water partition coefficient (Wildman–Crippen LogP) is 4.81. The number of carbonyl (C=O) groups excluding carboxylic acids is 1. The fourth-order valence-corrected chi connectivity index (χ4v) is 4.42. The van der Waals surface area contributed by atoms with Crippen molar-refractivity contribution in [2.24, 2.45) is 4.99 Å². The Kier molecular flexibility index (Phi) is 10.6. The van der Waals surface area contributed by atoms with Gasteiger partial charge >= 0.3 is 0 Å². The Morgan fingerprint density at radius 2 is 1.76 bits per heavy atom. The SMILES string of the molecule is CCC(CC)(CNC(=NC)NCC1CC(=O)Nc2ccccc21)NC(C)c1ccccc1.I. The van der Waals surface area contributed by atoms with E-state index in [2.05, 4.69) is 83.4 Å². The molecule has 0 radical (unpaired) electrons. The molecule has 4 N–H and O–H groups in total. The molecule has 0 spiro atoms. The first-order valence-electron chi connectivity index (χ1n) is 11.7. The number of guanidine groups is 1. The quantitative estimate of drug-likeness (QED) is 0.201. The Morgan fingerprint density at radius 1 is 1.09 bits per heavy atom. The second kappa shape index (κ2) is 12.9. The van der Waals surface area contributed by atoms with E-state index >= 15 is 0 Å². The van der Waals surface area contributed by atoms with E-state index in [0.29, 0.717) is 13.0 Å². The van der Waals surface area contributed by atoms with E-state index in [1.807, 2.05) is 18.2 Å². The van der Waals surface area contributed by atoms with Gasteiger partial charge in [0.2, 0.25) is 5.91 Å². The zero-order valence-electron chi connectivity index (χ0n) is 20.2. The van der Waals surface area contributed by atoms with Gasteiger partial charge in [0.1, 0.15) is 0 Å². The summed E-state index contributed by atoms with van der Waals surface area (Å²) in [6.07, 6.45) is 2.48. The van der Waals surface area contributed by atoms with Crippen LogP contribution in [0.1, 0.15) is 63.1 Å². The number of nitrogens with one attached hydrogen (secondary N) is 4. The topological polar surface area (TPSA) is 77.5 Å². The van der Waals surface area contributed by atoms with Crippen LogP contribution in [0.2, 0.25) is 0 Å². The maximum absolute atomic E-state index is 12.1. The van der Waals surface area contributed by atoms with Gasteiger partial charge < -0.3 is 21.3 Å². The molecule has 3 rings (SSSR count). The third-order valence-corrected chi connectivity index (χ3v) is 6.62. The third-order valence-electron chi connectivity index (χ3n) is 6.62. The largest absolute Gasteiger partial charge is 0.356 e. The lowest BCUT2D eigenvalue weighted by Crippen LogP contribution is -2.55. The highest BCUT2D eigenvalue weighted by Crippen LogP contribution is 2.31. The molecule has 1 aliphatic rings. The summed E-state index contributed by atoms with van der Waals surface area (Å²) in [4.78, 5) is 16.5. The molecule has 0 saturated heterocycles. The van der Waals surface area contributed by atoms with Crippen LogP contribution in [0.25, 0.3) is 0 Å². The second-order valence-corrected chi connectivity index (χ2v) is 8.61. The molecule has 7 heteroatoms. The third kappa shape index (κ3) is 7.17. The number of benzene rings is 2. The lowest BCUT2D eigenvalue weighted by Gasteiger charge is -2.37. The van der Waals surface area contributed by atoms with Crippen LogP contribution < -0.4 is 21.3 Å². The van der Waals surface area contributed by atoms with Gasteiger partial charge in [0.25, 0.3) is 0 Å². The number of hydrogen-bond acceptors (Lipinski definition) is 3. The lowest BCUT2D eigenvalue weighted by molar-refractivity contribution is -0.116. The molecule has 2 aromatic carbocycles. The summed E-state index contributed by atoms with van der Waals surface area (Å²) >= 11 is 0. The minimum atomic E-state index is -0.0514. The second-order valence-electron chi connectivity index (χ2n) is 8.61. The summed E-state index contributed by atoms with van der Waals surface area (Å²) in [6.45, 7) is 8.09. The number of fused-ring (bicyclic) bond motifs is 1. The van der Waals surface area contributed by atoms with Crippen molar-refractivity contribution in [3.63, 3.8) is 0 Å². The Balaban J connectivity index is 0.00000385. The number of amides is 1. The van der Waals surface area contributed by atoms with Gasteiger partial charge in [-0.05, 0) is 37.0 Å². The number of aliphatic imine (C=N–C) groups is 1. The standard InChI is InChI=1S/C26H37N5O.HI/c1-5-26(6-2,31-19(3)20-12-8-7-9-13-20)18-29-25(27-4)28-17-21-16-24(32)30-23-15-11-10-14-22(21)23;/h7-15,19,21,31H,5-6,16-18H2,1-4H3,(H,30,32)(H2,27,28,29);1H. The summed E-state index contributed by atoms with van der Waals surface area (Å²) in [5.41, 5.74) is 3.32. The molecular formula is C26H38IN5O. The lowest BCUT2D eigenvalue weighted by atomic mass is 9.90. The summed E-state index contributed by atoms with van der Waals surface area (Å²) in [6, 6.07) is 18.8. The number of hydrogen-bond donors (Lipinski definition) is 4. The van der Waals surface area contributed by atoms with Gasteiger partial charge in [-0.2, -0.15) is 0 Å². The highest BCUT2D eigenvalue weighted by atomic mass is 127. The Hall–Kier alpha value is -2.13. The summed E-state index contributed by atoms with van der Waals surface area (Å²) in [5, 5.41) is 13.8.